The Morgan fingerprint density at radius 1 is 1.38 bits per heavy atom. The molecule has 0 amide bonds. The minimum absolute atomic E-state index is 0.508. The summed E-state index contributed by atoms with van der Waals surface area (Å²) in [7, 11) is 0. The molecule has 1 atom stereocenters. The lowest BCUT2D eigenvalue weighted by atomic mass is 9.87. The molecule has 3 heteroatoms. The molecule has 1 heterocycles. The van der Waals surface area contributed by atoms with Gasteiger partial charge in [-0.25, -0.2) is 0 Å². The van der Waals surface area contributed by atoms with Gasteiger partial charge in [0.25, 0.3) is 0 Å². The minimum atomic E-state index is 0.508. The van der Waals surface area contributed by atoms with E-state index in [2.05, 4.69) is 24.5 Å². The van der Waals surface area contributed by atoms with Crippen molar-refractivity contribution in [3.63, 3.8) is 0 Å². The summed E-state index contributed by atoms with van der Waals surface area (Å²) in [5.74, 6) is 1.06. The highest BCUT2D eigenvalue weighted by molar-refractivity contribution is 7.80. The quantitative estimate of drug-likeness (QED) is 0.762. The number of ether oxygens (including phenoxy) is 1. The molecule has 0 aromatic carbocycles. The molecule has 0 radical (unpaired) electrons. The Kier molecular flexibility index (Phi) is 4.57. The van der Waals surface area contributed by atoms with Gasteiger partial charge in [0.15, 0.2) is 0 Å². The van der Waals surface area contributed by atoms with E-state index in [-0.39, 0.29) is 0 Å². The van der Waals surface area contributed by atoms with Gasteiger partial charge in [-0.05, 0) is 30.4 Å². The Balaban J connectivity index is 1.95. The van der Waals surface area contributed by atoms with Gasteiger partial charge in [-0.15, -0.1) is 0 Å². The molecule has 2 nitrogen and oxygen atoms in total. The number of thiol groups is 1. The van der Waals surface area contributed by atoms with E-state index >= 15 is 0 Å². The van der Waals surface area contributed by atoms with Crippen molar-refractivity contribution in [3.8, 4) is 0 Å². The molecule has 0 aromatic rings. The lowest BCUT2D eigenvalue weighted by Crippen LogP contribution is -2.49. The van der Waals surface area contributed by atoms with Gasteiger partial charge in [0.2, 0.25) is 0 Å². The van der Waals surface area contributed by atoms with Gasteiger partial charge in [0, 0.05) is 19.1 Å². The first-order valence-corrected chi connectivity index (χ1v) is 7.35. The predicted molar refractivity (Wildman–Crippen MR) is 71.2 cm³/mol. The Morgan fingerprint density at radius 2 is 2.12 bits per heavy atom. The molecule has 1 aliphatic carbocycles. The summed E-state index contributed by atoms with van der Waals surface area (Å²) in [5.41, 5.74) is 0.508. The average molecular weight is 243 g/mol. The first-order chi connectivity index (χ1) is 7.79. The summed E-state index contributed by atoms with van der Waals surface area (Å²) in [4.78, 5) is 2.66. The second-order valence-corrected chi connectivity index (χ2v) is 5.79. The average Bonchev–Trinajstić information content (AvgIpc) is 2.79. The van der Waals surface area contributed by atoms with Crippen molar-refractivity contribution in [1.82, 2.24) is 4.90 Å². The third kappa shape index (κ3) is 2.74. The van der Waals surface area contributed by atoms with E-state index in [0.29, 0.717) is 11.5 Å². The SMILES string of the molecule is CCC1COCCN1CC1(CS)CCCC1. The zero-order valence-corrected chi connectivity index (χ0v) is 11.3. The summed E-state index contributed by atoms with van der Waals surface area (Å²) in [6.07, 6.45) is 6.78. The first-order valence-electron chi connectivity index (χ1n) is 6.72. The van der Waals surface area contributed by atoms with Gasteiger partial charge in [-0.3, -0.25) is 4.90 Å². The molecule has 1 saturated heterocycles. The van der Waals surface area contributed by atoms with E-state index in [1.54, 1.807) is 0 Å². The highest BCUT2D eigenvalue weighted by Gasteiger charge is 2.36. The molecule has 1 unspecified atom stereocenters. The third-order valence-corrected chi connectivity index (χ3v) is 5.03. The van der Waals surface area contributed by atoms with Crippen LogP contribution in [-0.2, 0) is 4.74 Å². The highest BCUT2D eigenvalue weighted by atomic mass is 32.1. The molecule has 2 rings (SSSR count). The van der Waals surface area contributed by atoms with Crippen LogP contribution in [0.3, 0.4) is 0 Å². The number of morpholine rings is 1. The Labute approximate surface area is 105 Å². The standard InChI is InChI=1S/C13H25NOS/c1-2-12-9-15-8-7-14(12)10-13(11-16)5-3-4-6-13/h12,16H,2-11H2,1H3. The van der Waals surface area contributed by atoms with Crippen LogP contribution >= 0.6 is 12.6 Å². The summed E-state index contributed by atoms with van der Waals surface area (Å²) in [6.45, 7) is 6.49. The lowest BCUT2D eigenvalue weighted by molar-refractivity contribution is -0.0245. The van der Waals surface area contributed by atoms with Crippen LogP contribution in [0.15, 0.2) is 0 Å². The predicted octanol–water partition coefficient (Wildman–Crippen LogP) is 2.59. The zero-order chi connectivity index (χ0) is 11.4. The fourth-order valence-electron chi connectivity index (χ4n) is 3.20. The molecule has 1 saturated carbocycles. The molecule has 0 aromatic heterocycles. The largest absolute Gasteiger partial charge is 0.378 e. The van der Waals surface area contributed by atoms with Crippen molar-refractivity contribution in [2.45, 2.75) is 45.1 Å². The normalized spacial score (nSPS) is 30.8. The third-order valence-electron chi connectivity index (χ3n) is 4.36. The second-order valence-electron chi connectivity index (χ2n) is 5.47. The second kappa shape index (κ2) is 5.74. The molecule has 16 heavy (non-hydrogen) atoms. The number of nitrogens with zero attached hydrogens (tertiary/aromatic N) is 1. The monoisotopic (exact) mass is 243 g/mol. The Bertz CT molecular complexity index is 216. The molecule has 1 aliphatic heterocycles. The van der Waals surface area contributed by atoms with Crippen molar-refractivity contribution >= 4 is 12.6 Å². The van der Waals surface area contributed by atoms with Gasteiger partial charge in [-0.1, -0.05) is 19.8 Å². The van der Waals surface area contributed by atoms with Crippen LogP contribution in [0.1, 0.15) is 39.0 Å². The molecule has 0 bridgehead atoms. The molecule has 0 spiro atoms. The van der Waals surface area contributed by atoms with Crippen molar-refractivity contribution in [3.05, 3.63) is 0 Å². The fourth-order valence-corrected chi connectivity index (χ4v) is 3.61. The molecule has 0 N–H and O–H groups in total. The zero-order valence-electron chi connectivity index (χ0n) is 10.5. The van der Waals surface area contributed by atoms with Crippen molar-refractivity contribution < 1.29 is 4.74 Å². The van der Waals surface area contributed by atoms with E-state index in [1.807, 2.05) is 0 Å². The summed E-state index contributed by atoms with van der Waals surface area (Å²) in [5, 5.41) is 0. The fraction of sp³-hybridized carbons (Fsp3) is 1.00. The topological polar surface area (TPSA) is 12.5 Å². The van der Waals surface area contributed by atoms with Crippen molar-refractivity contribution in [2.75, 3.05) is 32.1 Å². The van der Waals surface area contributed by atoms with Crippen LogP contribution in [0.4, 0.5) is 0 Å². The molecular formula is C13H25NOS. The number of rotatable bonds is 4. The van der Waals surface area contributed by atoms with Gasteiger partial charge >= 0.3 is 0 Å². The minimum Gasteiger partial charge on any atom is -0.378 e. The maximum absolute atomic E-state index is 5.57. The number of hydrogen-bond donors (Lipinski definition) is 1. The molecule has 2 aliphatic rings. The van der Waals surface area contributed by atoms with Crippen LogP contribution in [0, 0.1) is 5.41 Å². The first kappa shape index (κ1) is 12.7. The van der Waals surface area contributed by atoms with Gasteiger partial charge < -0.3 is 4.74 Å². The van der Waals surface area contributed by atoms with Crippen molar-refractivity contribution in [2.24, 2.45) is 5.41 Å². The Morgan fingerprint density at radius 3 is 2.75 bits per heavy atom. The van der Waals surface area contributed by atoms with Crippen LogP contribution in [-0.4, -0.2) is 43.0 Å². The van der Waals surface area contributed by atoms with E-state index in [0.717, 1.165) is 25.5 Å². The maximum Gasteiger partial charge on any atom is 0.0622 e. The van der Waals surface area contributed by atoms with Gasteiger partial charge in [0.05, 0.1) is 13.2 Å². The van der Waals surface area contributed by atoms with Crippen LogP contribution in [0.2, 0.25) is 0 Å². The summed E-state index contributed by atoms with van der Waals surface area (Å²) in [6, 6.07) is 0.645. The number of hydrogen-bond acceptors (Lipinski definition) is 3. The van der Waals surface area contributed by atoms with Crippen LogP contribution < -0.4 is 0 Å². The van der Waals surface area contributed by atoms with Crippen LogP contribution in [0.25, 0.3) is 0 Å². The van der Waals surface area contributed by atoms with E-state index in [4.69, 9.17) is 4.74 Å². The smallest absolute Gasteiger partial charge is 0.0622 e. The Hall–Kier alpha value is 0.270. The van der Waals surface area contributed by atoms with Crippen molar-refractivity contribution in [1.29, 1.82) is 0 Å². The molecule has 2 fully saturated rings. The highest BCUT2D eigenvalue weighted by Crippen LogP contribution is 2.40. The van der Waals surface area contributed by atoms with Gasteiger partial charge in [0.1, 0.15) is 0 Å². The maximum atomic E-state index is 5.57. The van der Waals surface area contributed by atoms with Crippen LogP contribution in [0.5, 0.6) is 0 Å². The molecular weight excluding hydrogens is 218 g/mol. The van der Waals surface area contributed by atoms with Gasteiger partial charge in [-0.2, -0.15) is 12.6 Å². The summed E-state index contributed by atoms with van der Waals surface area (Å²) >= 11 is 4.60. The van der Waals surface area contributed by atoms with E-state index < -0.39 is 0 Å². The summed E-state index contributed by atoms with van der Waals surface area (Å²) < 4.78 is 5.57. The molecule has 94 valence electrons. The van der Waals surface area contributed by atoms with E-state index in [1.165, 1.54) is 38.6 Å². The van der Waals surface area contributed by atoms with E-state index in [9.17, 15) is 0 Å². The lowest BCUT2D eigenvalue weighted by Gasteiger charge is -2.41.